The summed E-state index contributed by atoms with van der Waals surface area (Å²) in [6, 6.07) is 10.4. The molecule has 1 aliphatic heterocycles. The van der Waals surface area contributed by atoms with Crippen molar-refractivity contribution in [3.63, 3.8) is 0 Å². The van der Waals surface area contributed by atoms with Crippen molar-refractivity contribution in [2.75, 3.05) is 32.0 Å². The van der Waals surface area contributed by atoms with Crippen LogP contribution in [-0.2, 0) is 7.05 Å². The summed E-state index contributed by atoms with van der Waals surface area (Å²) in [5.74, 6) is 0.936. The van der Waals surface area contributed by atoms with Gasteiger partial charge in [0.15, 0.2) is 0 Å². The van der Waals surface area contributed by atoms with E-state index in [1.54, 1.807) is 0 Å². The summed E-state index contributed by atoms with van der Waals surface area (Å²) >= 11 is 0. The number of nitrogens with one attached hydrogen (secondary N) is 1. The fourth-order valence-corrected chi connectivity index (χ4v) is 3.94. The van der Waals surface area contributed by atoms with Crippen LogP contribution in [0.15, 0.2) is 30.5 Å². The maximum atomic E-state index is 9.31. The van der Waals surface area contributed by atoms with Crippen molar-refractivity contribution >= 4 is 16.7 Å². The molecule has 1 fully saturated rings. The molecule has 4 rings (SSSR count). The van der Waals surface area contributed by atoms with Gasteiger partial charge in [-0.05, 0) is 69.6 Å². The molecule has 1 aliphatic rings. The van der Waals surface area contributed by atoms with E-state index in [1.165, 1.54) is 37.2 Å². The Hall–Kier alpha value is -2.91. The monoisotopic (exact) mass is 374 g/mol. The molecule has 0 unspecified atom stereocenters. The molecule has 0 spiro atoms. The summed E-state index contributed by atoms with van der Waals surface area (Å²) < 4.78 is 1.92. The van der Waals surface area contributed by atoms with Crippen LogP contribution in [0.3, 0.4) is 0 Å². The van der Waals surface area contributed by atoms with Crippen LogP contribution in [0.5, 0.6) is 0 Å². The lowest BCUT2D eigenvalue weighted by Crippen LogP contribution is -2.33. The minimum Gasteiger partial charge on any atom is -0.385 e. The minimum absolute atomic E-state index is 0.200. The van der Waals surface area contributed by atoms with E-state index in [9.17, 15) is 5.26 Å². The number of anilines is 1. The van der Waals surface area contributed by atoms with Crippen molar-refractivity contribution in [2.24, 2.45) is 13.0 Å². The van der Waals surface area contributed by atoms with Crippen molar-refractivity contribution in [3.8, 4) is 17.3 Å². The van der Waals surface area contributed by atoms with E-state index in [0.29, 0.717) is 0 Å². The van der Waals surface area contributed by atoms with Crippen LogP contribution in [0.4, 0.5) is 5.69 Å². The van der Waals surface area contributed by atoms with Gasteiger partial charge < -0.3 is 14.8 Å². The topological polar surface area (TPSA) is 69.8 Å². The summed E-state index contributed by atoms with van der Waals surface area (Å²) in [4.78, 5) is 11.2. The highest BCUT2D eigenvalue weighted by molar-refractivity contribution is 5.91. The Balaban J connectivity index is 1.58. The number of nitrogens with zero attached hydrogens (tertiary/aromatic N) is 5. The van der Waals surface area contributed by atoms with Gasteiger partial charge in [-0.2, -0.15) is 5.26 Å². The Morgan fingerprint density at radius 2 is 1.96 bits per heavy atom. The molecule has 0 aliphatic carbocycles. The molecule has 0 radical (unpaired) electrons. The number of aryl methyl sites for hydroxylation is 2. The van der Waals surface area contributed by atoms with Gasteiger partial charge in [-0.15, -0.1) is 0 Å². The number of nitriles is 1. The number of hydrogen-bond acceptors (Lipinski definition) is 5. The average Bonchev–Trinajstić information content (AvgIpc) is 3.08. The number of rotatable bonds is 4. The highest BCUT2D eigenvalue weighted by atomic mass is 15.1. The third-order valence-electron chi connectivity index (χ3n) is 5.74. The Morgan fingerprint density at radius 3 is 2.68 bits per heavy atom. The van der Waals surface area contributed by atoms with Crippen LogP contribution in [0, 0.1) is 24.2 Å². The van der Waals surface area contributed by atoms with Gasteiger partial charge in [-0.3, -0.25) is 0 Å². The van der Waals surface area contributed by atoms with Crippen LogP contribution in [0.1, 0.15) is 24.2 Å². The zero-order chi connectivity index (χ0) is 19.7. The third-order valence-corrected chi connectivity index (χ3v) is 5.74. The Labute approximate surface area is 165 Å². The first-order valence-corrected chi connectivity index (χ1v) is 9.82. The van der Waals surface area contributed by atoms with Crippen LogP contribution in [0.2, 0.25) is 0 Å². The summed E-state index contributed by atoms with van der Waals surface area (Å²) in [6.07, 6.45) is 4.46. The largest absolute Gasteiger partial charge is 0.385 e. The molecule has 1 N–H and O–H groups in total. The summed E-state index contributed by atoms with van der Waals surface area (Å²) in [6.45, 7) is 5.51. The van der Waals surface area contributed by atoms with E-state index >= 15 is 0 Å². The molecule has 6 nitrogen and oxygen atoms in total. The van der Waals surface area contributed by atoms with Crippen LogP contribution < -0.4 is 5.32 Å². The van der Waals surface area contributed by atoms with E-state index in [4.69, 9.17) is 0 Å². The van der Waals surface area contributed by atoms with Crippen molar-refractivity contribution in [1.29, 1.82) is 5.26 Å². The van der Waals surface area contributed by atoms with Crippen molar-refractivity contribution < 1.29 is 0 Å². The second-order valence-corrected chi connectivity index (χ2v) is 7.83. The average molecular weight is 374 g/mol. The van der Waals surface area contributed by atoms with Crippen molar-refractivity contribution in [3.05, 3.63) is 41.9 Å². The SMILES string of the molecule is Cc1cc(-c2nc(C#N)nc3c2ccn3C)ccc1NCC1CCN(C)CC1. The van der Waals surface area contributed by atoms with Gasteiger partial charge in [-0.1, -0.05) is 6.07 Å². The Kier molecular flexibility index (Phi) is 5.01. The van der Waals surface area contributed by atoms with Gasteiger partial charge in [0.25, 0.3) is 0 Å². The molecule has 0 bridgehead atoms. The molecule has 28 heavy (non-hydrogen) atoms. The molecule has 2 aromatic heterocycles. The molecule has 3 heterocycles. The second kappa shape index (κ2) is 7.61. The van der Waals surface area contributed by atoms with E-state index in [0.717, 1.165) is 34.8 Å². The number of hydrogen-bond donors (Lipinski definition) is 1. The molecule has 6 heteroatoms. The smallest absolute Gasteiger partial charge is 0.234 e. The fourth-order valence-electron chi connectivity index (χ4n) is 3.94. The van der Waals surface area contributed by atoms with Gasteiger partial charge >= 0.3 is 0 Å². The number of piperidine rings is 1. The third kappa shape index (κ3) is 3.58. The summed E-state index contributed by atoms with van der Waals surface area (Å²) in [7, 11) is 4.13. The maximum absolute atomic E-state index is 9.31. The number of fused-ring (bicyclic) bond motifs is 1. The van der Waals surface area contributed by atoms with E-state index in [1.807, 2.05) is 23.9 Å². The Bertz CT molecular complexity index is 1040. The van der Waals surface area contributed by atoms with Gasteiger partial charge in [-0.25, -0.2) is 9.97 Å². The zero-order valence-corrected chi connectivity index (χ0v) is 16.7. The number of benzene rings is 1. The first-order chi connectivity index (χ1) is 13.5. The van der Waals surface area contributed by atoms with Crippen LogP contribution >= 0.6 is 0 Å². The molecular formula is C22H26N6. The van der Waals surface area contributed by atoms with Crippen LogP contribution in [-0.4, -0.2) is 46.1 Å². The molecule has 0 saturated carbocycles. The molecule has 0 atom stereocenters. The van der Waals surface area contributed by atoms with Gasteiger partial charge in [0.1, 0.15) is 11.7 Å². The minimum atomic E-state index is 0.200. The van der Waals surface area contributed by atoms with Gasteiger partial charge in [0.05, 0.1) is 5.69 Å². The summed E-state index contributed by atoms with van der Waals surface area (Å²) in [5, 5.41) is 13.9. The second-order valence-electron chi connectivity index (χ2n) is 7.83. The van der Waals surface area contributed by atoms with E-state index in [-0.39, 0.29) is 5.82 Å². The van der Waals surface area contributed by atoms with Crippen LogP contribution in [0.25, 0.3) is 22.3 Å². The summed E-state index contributed by atoms with van der Waals surface area (Å²) in [5.41, 5.74) is 4.96. The predicted octanol–water partition coefficient (Wildman–Crippen LogP) is 3.57. The predicted molar refractivity (Wildman–Crippen MR) is 112 cm³/mol. The van der Waals surface area contributed by atoms with E-state index in [2.05, 4.69) is 58.4 Å². The molecule has 1 aromatic carbocycles. The normalized spacial score (nSPS) is 15.6. The zero-order valence-electron chi connectivity index (χ0n) is 16.7. The highest BCUT2D eigenvalue weighted by Gasteiger charge is 2.17. The number of likely N-dealkylation sites (tertiary alicyclic amines) is 1. The number of aromatic nitrogens is 3. The first kappa shape index (κ1) is 18.5. The lowest BCUT2D eigenvalue weighted by atomic mass is 9.97. The van der Waals surface area contributed by atoms with Crippen molar-refractivity contribution in [1.82, 2.24) is 19.4 Å². The molecule has 1 saturated heterocycles. The van der Waals surface area contributed by atoms with Gasteiger partial charge in [0.2, 0.25) is 5.82 Å². The lowest BCUT2D eigenvalue weighted by Gasteiger charge is -2.29. The molecule has 144 valence electrons. The molecule has 0 amide bonds. The Morgan fingerprint density at radius 1 is 1.18 bits per heavy atom. The first-order valence-electron chi connectivity index (χ1n) is 9.82. The maximum Gasteiger partial charge on any atom is 0.234 e. The fraction of sp³-hybridized carbons (Fsp3) is 0.409. The van der Waals surface area contributed by atoms with E-state index < -0.39 is 0 Å². The standard InChI is InChI=1S/C22H26N6/c1-15-12-17(4-5-19(15)24-14-16-6-9-27(2)10-7-16)21-18-8-11-28(3)22(18)26-20(13-23)25-21/h4-5,8,11-12,16,24H,6-7,9-10,14H2,1-3H3. The molecule has 3 aromatic rings. The lowest BCUT2D eigenvalue weighted by molar-refractivity contribution is 0.226. The van der Waals surface area contributed by atoms with Crippen molar-refractivity contribution in [2.45, 2.75) is 19.8 Å². The van der Waals surface area contributed by atoms with Gasteiger partial charge in [0, 0.05) is 36.4 Å². The quantitative estimate of drug-likeness (QED) is 0.756. The molecular weight excluding hydrogens is 348 g/mol. The highest BCUT2D eigenvalue weighted by Crippen LogP contribution is 2.30.